The largest absolute Gasteiger partial charge is 0.345 e. The number of fused-ring (bicyclic) bond motifs is 2. The van der Waals surface area contributed by atoms with Crippen LogP contribution < -0.4 is 0 Å². The Labute approximate surface area is 86.7 Å². The fourth-order valence-corrected chi connectivity index (χ4v) is 1.73. The predicted molar refractivity (Wildman–Crippen MR) is 59.8 cm³/mol. The number of H-pyrrole nitrogens is 2. The van der Waals surface area contributed by atoms with E-state index in [2.05, 4.69) is 39.8 Å². The summed E-state index contributed by atoms with van der Waals surface area (Å²) < 4.78 is 0. The summed E-state index contributed by atoms with van der Waals surface area (Å²) in [6.45, 7) is 4.25. The van der Waals surface area contributed by atoms with E-state index >= 15 is 0 Å². The molecule has 0 saturated heterocycles. The molecule has 0 amide bonds. The molecule has 1 aromatic carbocycles. The second kappa shape index (κ2) is 2.82. The molecule has 4 heteroatoms. The Hall–Kier alpha value is -1.84. The van der Waals surface area contributed by atoms with Gasteiger partial charge >= 0.3 is 0 Å². The van der Waals surface area contributed by atoms with E-state index in [1.54, 1.807) is 6.33 Å². The Morgan fingerprint density at radius 1 is 1.13 bits per heavy atom. The van der Waals surface area contributed by atoms with Gasteiger partial charge in [0.1, 0.15) is 5.82 Å². The van der Waals surface area contributed by atoms with Crippen molar-refractivity contribution in [3.63, 3.8) is 0 Å². The van der Waals surface area contributed by atoms with Gasteiger partial charge in [-0.25, -0.2) is 9.97 Å². The first-order chi connectivity index (χ1) is 7.24. The van der Waals surface area contributed by atoms with Gasteiger partial charge in [-0.05, 0) is 12.1 Å². The molecule has 76 valence electrons. The second-order valence-electron chi connectivity index (χ2n) is 4.07. The monoisotopic (exact) mass is 200 g/mol. The zero-order valence-electron chi connectivity index (χ0n) is 8.70. The van der Waals surface area contributed by atoms with Crippen LogP contribution in [-0.4, -0.2) is 19.9 Å². The molecular weight excluding hydrogens is 188 g/mol. The van der Waals surface area contributed by atoms with Gasteiger partial charge in [-0.2, -0.15) is 0 Å². The summed E-state index contributed by atoms with van der Waals surface area (Å²) in [7, 11) is 0. The number of imidazole rings is 2. The number of aromatic amines is 2. The van der Waals surface area contributed by atoms with Gasteiger partial charge in [-0.3, -0.25) is 0 Å². The van der Waals surface area contributed by atoms with E-state index in [0.717, 1.165) is 27.9 Å². The van der Waals surface area contributed by atoms with E-state index in [1.165, 1.54) is 0 Å². The van der Waals surface area contributed by atoms with Crippen molar-refractivity contribution in [2.75, 3.05) is 0 Å². The van der Waals surface area contributed by atoms with Crippen LogP contribution in [0.4, 0.5) is 0 Å². The van der Waals surface area contributed by atoms with E-state index in [-0.39, 0.29) is 0 Å². The molecule has 0 bridgehead atoms. The molecule has 3 rings (SSSR count). The van der Waals surface area contributed by atoms with Crippen LogP contribution in [0.15, 0.2) is 18.5 Å². The SMILES string of the molecule is CC(C)c1nc2cc3nc[nH]c3cc2[nH]1. The highest BCUT2D eigenvalue weighted by Gasteiger charge is 2.07. The highest BCUT2D eigenvalue weighted by Crippen LogP contribution is 2.21. The second-order valence-corrected chi connectivity index (χ2v) is 4.07. The summed E-state index contributed by atoms with van der Waals surface area (Å²) in [6.07, 6.45) is 1.70. The zero-order chi connectivity index (χ0) is 10.4. The molecule has 2 heterocycles. The third-order valence-electron chi connectivity index (χ3n) is 2.59. The lowest BCUT2D eigenvalue weighted by Crippen LogP contribution is -1.88. The van der Waals surface area contributed by atoms with Gasteiger partial charge in [-0.15, -0.1) is 0 Å². The van der Waals surface area contributed by atoms with Crippen LogP contribution in [0.5, 0.6) is 0 Å². The third-order valence-corrected chi connectivity index (χ3v) is 2.59. The van der Waals surface area contributed by atoms with Crippen LogP contribution >= 0.6 is 0 Å². The number of nitrogens with one attached hydrogen (secondary N) is 2. The lowest BCUT2D eigenvalue weighted by Gasteiger charge is -1.95. The summed E-state index contributed by atoms with van der Waals surface area (Å²) in [6, 6.07) is 4.06. The molecule has 0 aliphatic rings. The standard InChI is InChI=1S/C11H12N4/c1-6(2)11-14-9-3-7-8(13-5-12-7)4-10(9)15-11/h3-6H,1-2H3,(H,12,13)(H,14,15). The van der Waals surface area contributed by atoms with Crippen LogP contribution in [0.25, 0.3) is 22.1 Å². The minimum absolute atomic E-state index is 0.420. The summed E-state index contributed by atoms with van der Waals surface area (Å²) in [5, 5.41) is 0. The lowest BCUT2D eigenvalue weighted by molar-refractivity contribution is 0.799. The molecular formula is C11H12N4. The number of hydrogen-bond donors (Lipinski definition) is 2. The van der Waals surface area contributed by atoms with Crippen molar-refractivity contribution in [2.24, 2.45) is 0 Å². The molecule has 0 aliphatic heterocycles. The van der Waals surface area contributed by atoms with Crippen molar-refractivity contribution in [1.82, 2.24) is 19.9 Å². The normalized spacial score (nSPS) is 11.9. The van der Waals surface area contributed by atoms with Crippen LogP contribution in [0.3, 0.4) is 0 Å². The number of nitrogens with zero attached hydrogens (tertiary/aromatic N) is 2. The summed E-state index contributed by atoms with van der Waals surface area (Å²) >= 11 is 0. The van der Waals surface area contributed by atoms with Gasteiger partial charge < -0.3 is 9.97 Å². The Bertz CT molecular complexity index is 570. The van der Waals surface area contributed by atoms with E-state index in [1.807, 2.05) is 6.07 Å². The Morgan fingerprint density at radius 3 is 2.80 bits per heavy atom. The fourth-order valence-electron chi connectivity index (χ4n) is 1.73. The van der Waals surface area contributed by atoms with E-state index in [4.69, 9.17) is 0 Å². The number of rotatable bonds is 1. The summed E-state index contributed by atoms with van der Waals surface area (Å²) in [5.41, 5.74) is 4.06. The van der Waals surface area contributed by atoms with Crippen LogP contribution in [0, 0.1) is 0 Å². The van der Waals surface area contributed by atoms with Crippen LogP contribution in [-0.2, 0) is 0 Å². The van der Waals surface area contributed by atoms with Crippen molar-refractivity contribution in [1.29, 1.82) is 0 Å². The quantitative estimate of drug-likeness (QED) is 0.634. The van der Waals surface area contributed by atoms with Gasteiger partial charge in [0.15, 0.2) is 0 Å². The average molecular weight is 200 g/mol. The van der Waals surface area contributed by atoms with Crippen molar-refractivity contribution < 1.29 is 0 Å². The average Bonchev–Trinajstić information content (AvgIpc) is 2.77. The maximum atomic E-state index is 4.53. The third kappa shape index (κ3) is 1.21. The van der Waals surface area contributed by atoms with Crippen LogP contribution in [0.2, 0.25) is 0 Å². The maximum absolute atomic E-state index is 4.53. The van der Waals surface area contributed by atoms with E-state index < -0.39 is 0 Å². The van der Waals surface area contributed by atoms with Crippen LogP contribution in [0.1, 0.15) is 25.6 Å². The minimum Gasteiger partial charge on any atom is -0.345 e. The fraction of sp³-hybridized carbons (Fsp3) is 0.273. The molecule has 3 aromatic rings. The zero-order valence-corrected chi connectivity index (χ0v) is 8.70. The van der Waals surface area contributed by atoms with E-state index in [0.29, 0.717) is 5.92 Å². The highest BCUT2D eigenvalue weighted by molar-refractivity contribution is 5.91. The molecule has 0 atom stereocenters. The summed E-state index contributed by atoms with van der Waals surface area (Å²) in [4.78, 5) is 15.2. The number of hydrogen-bond acceptors (Lipinski definition) is 2. The van der Waals surface area contributed by atoms with Gasteiger partial charge in [0.25, 0.3) is 0 Å². The molecule has 0 saturated carbocycles. The predicted octanol–water partition coefficient (Wildman–Crippen LogP) is 2.56. The van der Waals surface area contributed by atoms with E-state index in [9.17, 15) is 0 Å². The number of benzene rings is 1. The van der Waals surface area contributed by atoms with Crippen molar-refractivity contribution >= 4 is 22.1 Å². The molecule has 2 N–H and O–H groups in total. The first-order valence-corrected chi connectivity index (χ1v) is 5.07. The van der Waals surface area contributed by atoms with Crippen molar-refractivity contribution in [2.45, 2.75) is 19.8 Å². The highest BCUT2D eigenvalue weighted by atomic mass is 14.9. The first kappa shape index (κ1) is 8.47. The maximum Gasteiger partial charge on any atom is 0.109 e. The number of aromatic nitrogens is 4. The summed E-state index contributed by atoms with van der Waals surface area (Å²) in [5.74, 6) is 1.45. The molecule has 0 unspecified atom stereocenters. The van der Waals surface area contributed by atoms with Crippen molar-refractivity contribution in [3.05, 3.63) is 24.3 Å². The molecule has 15 heavy (non-hydrogen) atoms. The Balaban J connectivity index is 2.34. The van der Waals surface area contributed by atoms with Gasteiger partial charge in [-0.1, -0.05) is 13.8 Å². The topological polar surface area (TPSA) is 57.4 Å². The van der Waals surface area contributed by atoms with Gasteiger partial charge in [0.2, 0.25) is 0 Å². The lowest BCUT2D eigenvalue weighted by atomic mass is 10.2. The minimum atomic E-state index is 0.420. The molecule has 0 aliphatic carbocycles. The smallest absolute Gasteiger partial charge is 0.109 e. The molecule has 0 spiro atoms. The Morgan fingerprint density at radius 2 is 2.00 bits per heavy atom. The molecule has 4 nitrogen and oxygen atoms in total. The Kier molecular flexibility index (Phi) is 1.59. The molecule has 2 aromatic heterocycles. The van der Waals surface area contributed by atoms with Crippen molar-refractivity contribution in [3.8, 4) is 0 Å². The van der Waals surface area contributed by atoms with Gasteiger partial charge in [0.05, 0.1) is 28.4 Å². The molecule has 0 radical (unpaired) electrons. The first-order valence-electron chi connectivity index (χ1n) is 5.07. The van der Waals surface area contributed by atoms with Gasteiger partial charge in [0, 0.05) is 5.92 Å². The molecule has 0 fully saturated rings.